The molecule has 3 atom stereocenters. The summed E-state index contributed by atoms with van der Waals surface area (Å²) in [6.45, 7) is 1.72. The van der Waals surface area contributed by atoms with Crippen LogP contribution in [0.5, 0.6) is 0 Å². The molecule has 0 radical (unpaired) electrons. The van der Waals surface area contributed by atoms with Crippen molar-refractivity contribution in [3.05, 3.63) is 22.4 Å². The largest absolute Gasteiger partial charge is 0.401 e. The number of hydrogen-bond acceptors (Lipinski definition) is 6. The third kappa shape index (κ3) is 10.3. The first kappa shape index (κ1) is 34.9. The molecule has 3 heterocycles. The van der Waals surface area contributed by atoms with Gasteiger partial charge in [-0.2, -0.15) is 13.2 Å². The van der Waals surface area contributed by atoms with Crippen molar-refractivity contribution in [2.24, 2.45) is 11.3 Å². The van der Waals surface area contributed by atoms with E-state index in [1.165, 1.54) is 19.3 Å². The van der Waals surface area contributed by atoms with Gasteiger partial charge in [-0.05, 0) is 81.2 Å². The number of thiophene rings is 1. The maximum absolute atomic E-state index is 14.1. The first-order valence-corrected chi connectivity index (χ1v) is 18.2. The van der Waals surface area contributed by atoms with Crippen LogP contribution in [0.1, 0.15) is 88.3 Å². The number of carbonyl (C=O) groups excluding carboxylic acids is 3. The van der Waals surface area contributed by atoms with Gasteiger partial charge in [-0.1, -0.05) is 31.7 Å². The van der Waals surface area contributed by atoms with Crippen molar-refractivity contribution in [1.82, 2.24) is 31.1 Å². The second kappa shape index (κ2) is 16.1. The Morgan fingerprint density at radius 2 is 1.74 bits per heavy atom. The van der Waals surface area contributed by atoms with E-state index in [-0.39, 0.29) is 43.0 Å². The summed E-state index contributed by atoms with van der Waals surface area (Å²) in [7, 11) is 0. The molecular weight excluding hydrogens is 617 g/mol. The highest BCUT2D eigenvalue weighted by atomic mass is 32.1. The molecule has 4 aliphatic rings. The minimum Gasteiger partial charge on any atom is -0.351 e. The SMILES string of the molecule is O=C(NCc1cccs1)[C@H]1CN(C(=O)[C@@H](CCCCNCC(F)(F)F)NC2CCCCC2)CC[C@H]1NC(=O)N1CCC2(CC1)CC2. The molecule has 46 heavy (non-hydrogen) atoms. The van der Waals surface area contributed by atoms with Crippen molar-refractivity contribution < 1.29 is 27.6 Å². The summed E-state index contributed by atoms with van der Waals surface area (Å²) in [6, 6.07) is 3.14. The third-order valence-corrected chi connectivity index (χ3v) is 11.3. The summed E-state index contributed by atoms with van der Waals surface area (Å²) in [5.41, 5.74) is 0.453. The van der Waals surface area contributed by atoms with Crippen molar-refractivity contribution in [3.63, 3.8) is 0 Å². The van der Waals surface area contributed by atoms with Crippen LogP contribution in [0, 0.1) is 11.3 Å². The number of halogens is 3. The normalized spacial score (nSPS) is 24.1. The van der Waals surface area contributed by atoms with E-state index in [0.29, 0.717) is 44.2 Å². The first-order valence-electron chi connectivity index (χ1n) is 17.3. The minimum atomic E-state index is -4.24. The lowest BCUT2D eigenvalue weighted by Gasteiger charge is -2.41. The molecule has 5 rings (SSSR count). The summed E-state index contributed by atoms with van der Waals surface area (Å²) >= 11 is 1.56. The lowest BCUT2D eigenvalue weighted by Crippen LogP contribution is -2.61. The highest BCUT2D eigenvalue weighted by Crippen LogP contribution is 2.53. The van der Waals surface area contributed by atoms with Crippen molar-refractivity contribution in [2.45, 2.75) is 114 Å². The van der Waals surface area contributed by atoms with E-state index < -0.39 is 24.7 Å². The standard InChI is InChI=1S/C33H51F3N6O3S/c34-33(35,36)23-37-16-5-4-10-28(39-24-7-2-1-3-8-24)30(44)42-17-11-27(26(22-42)29(43)38-21-25-9-6-20-46-25)40-31(45)41-18-14-32(12-13-32)15-19-41/h6,9,20,24,26-28,37,39H,1-5,7-8,10-19,21-23H2,(H,38,43)(H,40,45)/t26-,27+,28+/m0/s1. The number of nitrogens with one attached hydrogen (secondary N) is 4. The van der Waals surface area contributed by atoms with E-state index in [0.717, 1.165) is 56.5 Å². The van der Waals surface area contributed by atoms with Crippen LogP contribution in [0.25, 0.3) is 0 Å². The maximum atomic E-state index is 14.1. The maximum Gasteiger partial charge on any atom is 0.401 e. The Labute approximate surface area is 274 Å². The molecule has 0 unspecified atom stereocenters. The Morgan fingerprint density at radius 1 is 0.978 bits per heavy atom. The van der Waals surface area contributed by atoms with Crippen LogP contribution in [0.3, 0.4) is 0 Å². The molecule has 4 N–H and O–H groups in total. The molecule has 9 nitrogen and oxygen atoms in total. The van der Waals surface area contributed by atoms with Crippen molar-refractivity contribution in [2.75, 3.05) is 39.3 Å². The molecular formula is C33H51F3N6O3S. The number of likely N-dealkylation sites (tertiary alicyclic amines) is 2. The van der Waals surface area contributed by atoms with Gasteiger partial charge in [0.05, 0.1) is 25.0 Å². The van der Waals surface area contributed by atoms with Crippen molar-refractivity contribution in [1.29, 1.82) is 0 Å². The quantitative estimate of drug-likeness (QED) is 0.227. The number of piperidine rings is 2. The molecule has 0 aromatic carbocycles. The van der Waals surface area contributed by atoms with Crippen LogP contribution in [0.4, 0.5) is 18.0 Å². The van der Waals surface area contributed by atoms with Gasteiger partial charge < -0.3 is 31.1 Å². The van der Waals surface area contributed by atoms with Crippen LogP contribution in [-0.2, 0) is 16.1 Å². The third-order valence-electron chi connectivity index (χ3n) is 10.4. The molecule has 258 valence electrons. The molecule has 1 spiro atoms. The molecule has 1 aromatic heterocycles. The average Bonchev–Trinajstić information content (AvgIpc) is 3.57. The van der Waals surface area contributed by atoms with Gasteiger partial charge in [-0.25, -0.2) is 4.79 Å². The average molecular weight is 669 g/mol. The monoisotopic (exact) mass is 668 g/mol. The second-order valence-corrected chi connectivity index (χ2v) is 14.9. The van der Waals surface area contributed by atoms with Gasteiger partial charge in [-0.15, -0.1) is 11.3 Å². The van der Waals surface area contributed by atoms with Gasteiger partial charge in [0.1, 0.15) is 0 Å². The van der Waals surface area contributed by atoms with Crippen molar-refractivity contribution in [3.8, 4) is 0 Å². The predicted octanol–water partition coefficient (Wildman–Crippen LogP) is 4.78. The first-order chi connectivity index (χ1) is 22.1. The van der Waals surface area contributed by atoms with E-state index in [9.17, 15) is 27.6 Å². The Bertz CT molecular complexity index is 1130. The van der Waals surface area contributed by atoms with Crippen LogP contribution in [-0.4, -0.2) is 91.2 Å². The lowest BCUT2D eigenvalue weighted by atomic mass is 9.89. The Hall–Kier alpha value is -2.38. The Balaban J connectivity index is 1.21. The van der Waals surface area contributed by atoms with Gasteiger partial charge in [0.25, 0.3) is 0 Å². The summed E-state index contributed by atoms with van der Waals surface area (Å²) in [6.07, 6.45) is 7.86. The molecule has 2 aliphatic carbocycles. The lowest BCUT2D eigenvalue weighted by molar-refractivity contribution is -0.138. The predicted molar refractivity (Wildman–Crippen MR) is 172 cm³/mol. The summed E-state index contributed by atoms with van der Waals surface area (Å²) in [5.74, 6) is -0.845. The molecule has 1 aromatic rings. The topological polar surface area (TPSA) is 106 Å². The highest BCUT2D eigenvalue weighted by Gasteiger charge is 2.46. The van der Waals surface area contributed by atoms with E-state index in [4.69, 9.17) is 0 Å². The minimum absolute atomic E-state index is 0.0691. The molecule has 4 fully saturated rings. The number of unbranched alkanes of at least 4 members (excludes halogenated alkanes) is 1. The fourth-order valence-electron chi connectivity index (χ4n) is 7.30. The summed E-state index contributed by atoms with van der Waals surface area (Å²) < 4.78 is 37.6. The molecule has 4 amide bonds. The van der Waals surface area contributed by atoms with Gasteiger partial charge in [-0.3, -0.25) is 9.59 Å². The van der Waals surface area contributed by atoms with Gasteiger partial charge >= 0.3 is 12.2 Å². The van der Waals surface area contributed by atoms with E-state index in [1.54, 1.807) is 16.2 Å². The van der Waals surface area contributed by atoms with Crippen molar-refractivity contribution >= 4 is 29.2 Å². The van der Waals surface area contributed by atoms with E-state index >= 15 is 0 Å². The van der Waals surface area contributed by atoms with Crippen LogP contribution in [0.2, 0.25) is 0 Å². The molecule has 13 heteroatoms. The van der Waals surface area contributed by atoms with E-state index in [1.807, 2.05) is 22.4 Å². The fourth-order valence-corrected chi connectivity index (χ4v) is 7.95. The molecule has 0 bridgehead atoms. The zero-order valence-corrected chi connectivity index (χ0v) is 27.7. The highest BCUT2D eigenvalue weighted by molar-refractivity contribution is 7.09. The van der Waals surface area contributed by atoms with Gasteiger partial charge in [0.15, 0.2) is 0 Å². The number of urea groups is 1. The van der Waals surface area contributed by atoms with E-state index in [2.05, 4.69) is 21.3 Å². The number of amides is 4. The molecule has 2 saturated heterocycles. The van der Waals surface area contributed by atoms with Gasteiger partial charge in [0.2, 0.25) is 11.8 Å². The molecule has 2 aliphatic heterocycles. The second-order valence-electron chi connectivity index (χ2n) is 13.9. The molecule has 2 saturated carbocycles. The van der Waals surface area contributed by atoms with Crippen LogP contribution < -0.4 is 21.3 Å². The Kier molecular flexibility index (Phi) is 12.3. The van der Waals surface area contributed by atoms with Crippen LogP contribution >= 0.6 is 11.3 Å². The summed E-state index contributed by atoms with van der Waals surface area (Å²) in [4.78, 5) is 45.7. The zero-order chi connectivity index (χ0) is 32.6. The van der Waals surface area contributed by atoms with Crippen LogP contribution in [0.15, 0.2) is 17.5 Å². The number of hydrogen-bond donors (Lipinski definition) is 4. The Morgan fingerprint density at radius 3 is 2.41 bits per heavy atom. The number of nitrogens with zero attached hydrogens (tertiary/aromatic N) is 2. The summed E-state index contributed by atoms with van der Waals surface area (Å²) in [5, 5.41) is 14.2. The zero-order valence-electron chi connectivity index (χ0n) is 26.8. The smallest absolute Gasteiger partial charge is 0.351 e. The number of alkyl halides is 3. The number of rotatable bonds is 13. The van der Waals surface area contributed by atoms with Gasteiger partial charge in [0, 0.05) is 43.1 Å². The number of carbonyl (C=O) groups is 3. The fraction of sp³-hybridized carbons (Fsp3) is 0.788.